The Kier molecular flexibility index (Phi) is 9.09. The molecule has 0 aliphatic rings. The van der Waals surface area contributed by atoms with Crippen LogP contribution in [0.5, 0.6) is 11.5 Å². The average Bonchev–Trinajstić information content (AvgIpc) is 2.69. The molecule has 2 aromatic rings. The summed E-state index contributed by atoms with van der Waals surface area (Å²) >= 11 is 5.11. The topological polar surface area (TPSA) is 68.8 Å². The first-order valence-corrected chi connectivity index (χ1v) is 9.08. The van der Waals surface area contributed by atoms with Crippen molar-refractivity contribution in [3.8, 4) is 11.5 Å². The third-order valence-corrected chi connectivity index (χ3v) is 3.74. The molecule has 2 N–H and O–H groups in total. The number of carbonyl (C=O) groups is 1. The summed E-state index contributed by atoms with van der Waals surface area (Å²) in [5, 5.41) is 5.90. The Labute approximate surface area is 164 Å². The van der Waals surface area contributed by atoms with Gasteiger partial charge in [0.25, 0.3) is 5.91 Å². The van der Waals surface area contributed by atoms with E-state index in [-0.39, 0.29) is 5.91 Å². The predicted octanol–water partition coefficient (Wildman–Crippen LogP) is 2.79. The van der Waals surface area contributed by atoms with Crippen LogP contribution in [0.3, 0.4) is 0 Å². The number of ether oxygens (including phenoxy) is 3. The van der Waals surface area contributed by atoms with Crippen molar-refractivity contribution in [2.24, 2.45) is 0 Å². The van der Waals surface area contributed by atoms with Crippen molar-refractivity contribution in [2.75, 3.05) is 33.5 Å². The lowest BCUT2D eigenvalue weighted by Gasteiger charge is -2.11. The minimum Gasteiger partial charge on any atom is -0.490 e. The molecule has 0 saturated heterocycles. The molecule has 2 rings (SSSR count). The fourth-order valence-electron chi connectivity index (χ4n) is 2.20. The Morgan fingerprint density at radius 1 is 0.963 bits per heavy atom. The lowest BCUT2D eigenvalue weighted by molar-refractivity contribution is 0.0976. The molecule has 0 heterocycles. The smallest absolute Gasteiger partial charge is 0.257 e. The second-order valence-corrected chi connectivity index (χ2v) is 6.00. The van der Waals surface area contributed by atoms with Crippen LogP contribution in [0.15, 0.2) is 54.6 Å². The number of nitrogens with one attached hydrogen (secondary N) is 2. The normalized spacial score (nSPS) is 10.1. The van der Waals surface area contributed by atoms with E-state index in [1.807, 2.05) is 30.3 Å². The number of methoxy groups -OCH3 is 1. The second-order valence-electron chi connectivity index (χ2n) is 5.59. The molecule has 0 saturated carbocycles. The highest BCUT2D eigenvalue weighted by molar-refractivity contribution is 7.80. The minimum atomic E-state index is -0.287. The molecule has 6 nitrogen and oxygen atoms in total. The van der Waals surface area contributed by atoms with E-state index in [9.17, 15) is 4.79 Å². The number of para-hydroxylation sites is 1. The van der Waals surface area contributed by atoms with Crippen LogP contribution in [-0.4, -0.2) is 44.5 Å². The van der Waals surface area contributed by atoms with Crippen LogP contribution >= 0.6 is 12.2 Å². The Morgan fingerprint density at radius 3 is 2.41 bits per heavy atom. The first kappa shape index (κ1) is 20.7. The van der Waals surface area contributed by atoms with Crippen molar-refractivity contribution in [3.63, 3.8) is 0 Å². The van der Waals surface area contributed by atoms with Crippen LogP contribution in [0.2, 0.25) is 0 Å². The van der Waals surface area contributed by atoms with Gasteiger partial charge in [0.15, 0.2) is 5.11 Å². The number of hydrogen-bond donors (Lipinski definition) is 2. The van der Waals surface area contributed by atoms with Crippen molar-refractivity contribution in [1.29, 1.82) is 0 Å². The molecule has 0 aliphatic carbocycles. The fourth-order valence-corrected chi connectivity index (χ4v) is 2.40. The van der Waals surface area contributed by atoms with Gasteiger partial charge in [-0.25, -0.2) is 0 Å². The molecule has 0 atom stereocenters. The molecule has 0 aromatic heterocycles. The fraction of sp³-hybridized carbons (Fsp3) is 0.300. The van der Waals surface area contributed by atoms with Crippen LogP contribution in [0, 0.1) is 0 Å². The summed E-state index contributed by atoms with van der Waals surface area (Å²) in [6.07, 6.45) is 0.806. The SMILES string of the molecule is COCCCNC(=S)NC(=O)c1cccc(OCCOc2ccccc2)c1. The average molecular weight is 388 g/mol. The van der Waals surface area contributed by atoms with E-state index >= 15 is 0 Å². The lowest BCUT2D eigenvalue weighted by Crippen LogP contribution is -2.39. The van der Waals surface area contributed by atoms with Gasteiger partial charge in [-0.3, -0.25) is 10.1 Å². The maximum atomic E-state index is 12.3. The highest BCUT2D eigenvalue weighted by Gasteiger charge is 2.08. The highest BCUT2D eigenvalue weighted by Crippen LogP contribution is 2.14. The molecule has 144 valence electrons. The van der Waals surface area contributed by atoms with E-state index < -0.39 is 0 Å². The van der Waals surface area contributed by atoms with E-state index in [1.54, 1.807) is 31.4 Å². The zero-order chi connectivity index (χ0) is 19.3. The first-order valence-electron chi connectivity index (χ1n) is 8.68. The van der Waals surface area contributed by atoms with Gasteiger partial charge in [-0.2, -0.15) is 0 Å². The molecule has 0 aliphatic heterocycles. The quantitative estimate of drug-likeness (QED) is 0.482. The summed E-state index contributed by atoms with van der Waals surface area (Å²) in [6.45, 7) is 2.06. The largest absolute Gasteiger partial charge is 0.490 e. The zero-order valence-corrected chi connectivity index (χ0v) is 16.1. The van der Waals surface area contributed by atoms with Crippen LogP contribution in [-0.2, 0) is 4.74 Å². The number of amides is 1. The summed E-state index contributed by atoms with van der Waals surface area (Å²) in [7, 11) is 1.64. The van der Waals surface area contributed by atoms with Crippen LogP contribution in [0.4, 0.5) is 0 Å². The Balaban J connectivity index is 1.74. The molecule has 0 spiro atoms. The molecule has 27 heavy (non-hydrogen) atoms. The van der Waals surface area contributed by atoms with Crippen molar-refractivity contribution in [1.82, 2.24) is 10.6 Å². The molecule has 1 amide bonds. The Bertz CT molecular complexity index is 725. The maximum absolute atomic E-state index is 12.3. The van der Waals surface area contributed by atoms with Gasteiger partial charge in [-0.1, -0.05) is 24.3 Å². The standard InChI is InChI=1S/C20H24N2O4S/c1-24-12-6-11-21-20(27)22-19(23)16-7-5-10-18(15-16)26-14-13-25-17-8-3-2-4-9-17/h2-5,7-10,15H,6,11-14H2,1H3,(H2,21,22,23,27). The summed E-state index contributed by atoms with van der Waals surface area (Å²) in [4.78, 5) is 12.3. The number of hydrogen-bond acceptors (Lipinski definition) is 5. The molecule has 2 aromatic carbocycles. The third kappa shape index (κ3) is 8.06. The summed E-state index contributed by atoms with van der Waals surface area (Å²) < 4.78 is 16.2. The van der Waals surface area contributed by atoms with E-state index in [1.165, 1.54) is 0 Å². The van der Waals surface area contributed by atoms with Crippen LogP contribution < -0.4 is 20.1 Å². The zero-order valence-electron chi connectivity index (χ0n) is 15.3. The molecular formula is C20H24N2O4S. The van der Waals surface area contributed by atoms with E-state index in [2.05, 4.69) is 10.6 Å². The van der Waals surface area contributed by atoms with Gasteiger partial charge in [0.05, 0.1) is 0 Å². The van der Waals surface area contributed by atoms with Gasteiger partial charge < -0.3 is 19.5 Å². The number of carbonyl (C=O) groups excluding carboxylic acids is 1. The monoisotopic (exact) mass is 388 g/mol. The summed E-state index contributed by atoms with van der Waals surface area (Å²) in [5.41, 5.74) is 0.470. The molecular weight excluding hydrogens is 364 g/mol. The van der Waals surface area contributed by atoms with E-state index in [0.29, 0.717) is 42.8 Å². The van der Waals surface area contributed by atoms with Crippen molar-refractivity contribution >= 4 is 23.2 Å². The molecule has 0 fully saturated rings. The molecule has 0 unspecified atom stereocenters. The van der Waals surface area contributed by atoms with Crippen LogP contribution in [0.1, 0.15) is 16.8 Å². The Hall–Kier alpha value is -2.64. The summed E-state index contributed by atoms with van der Waals surface area (Å²) in [5.74, 6) is 1.10. The van der Waals surface area contributed by atoms with E-state index in [4.69, 9.17) is 26.4 Å². The predicted molar refractivity (Wildman–Crippen MR) is 108 cm³/mol. The van der Waals surface area contributed by atoms with Gasteiger partial charge in [-0.05, 0) is 49.0 Å². The number of thiocarbonyl (C=S) groups is 1. The van der Waals surface area contributed by atoms with Gasteiger partial charge in [0.2, 0.25) is 0 Å². The van der Waals surface area contributed by atoms with Gasteiger partial charge >= 0.3 is 0 Å². The van der Waals surface area contributed by atoms with Crippen molar-refractivity contribution in [2.45, 2.75) is 6.42 Å². The Morgan fingerprint density at radius 2 is 1.67 bits per heavy atom. The maximum Gasteiger partial charge on any atom is 0.257 e. The minimum absolute atomic E-state index is 0.287. The molecule has 0 bridgehead atoms. The van der Waals surface area contributed by atoms with E-state index in [0.717, 1.165) is 12.2 Å². The van der Waals surface area contributed by atoms with Crippen molar-refractivity contribution in [3.05, 3.63) is 60.2 Å². The van der Waals surface area contributed by atoms with Gasteiger partial charge in [-0.15, -0.1) is 0 Å². The lowest BCUT2D eigenvalue weighted by atomic mass is 10.2. The van der Waals surface area contributed by atoms with Gasteiger partial charge in [0.1, 0.15) is 24.7 Å². The second kappa shape index (κ2) is 11.9. The highest BCUT2D eigenvalue weighted by atomic mass is 32.1. The summed E-state index contributed by atoms with van der Waals surface area (Å²) in [6, 6.07) is 16.5. The molecule has 7 heteroatoms. The molecule has 0 radical (unpaired) electrons. The first-order chi connectivity index (χ1) is 13.2. The van der Waals surface area contributed by atoms with Crippen molar-refractivity contribution < 1.29 is 19.0 Å². The number of rotatable bonds is 10. The third-order valence-electron chi connectivity index (χ3n) is 3.50. The van der Waals surface area contributed by atoms with Crippen LogP contribution in [0.25, 0.3) is 0 Å². The number of benzene rings is 2. The van der Waals surface area contributed by atoms with Gasteiger partial charge in [0, 0.05) is 25.8 Å².